The first-order valence-electron chi connectivity index (χ1n) is 14.7. The minimum Gasteiger partial charge on any atom is -0.451 e. The van der Waals surface area contributed by atoms with Gasteiger partial charge >= 0.3 is 0 Å². The van der Waals surface area contributed by atoms with E-state index in [4.69, 9.17) is 8.83 Å². The molecule has 3 aromatic carbocycles. The highest BCUT2D eigenvalue weighted by Crippen LogP contribution is 2.45. The third kappa shape index (κ3) is 4.08. The van der Waals surface area contributed by atoms with E-state index in [2.05, 4.69) is 77.9 Å². The molecule has 1 heterocycles. The SMILES string of the molecule is CC(C)(C)c1c(C(C)(C)C)c(C#N)c2oc3ccc4c(c3c3c5c(ccc3oc2c1C#N)CCCC5)CCCC4. The maximum Gasteiger partial charge on any atom is 0.189 e. The first-order valence-corrected chi connectivity index (χ1v) is 14.7. The van der Waals surface area contributed by atoms with Crippen LogP contribution >= 0.6 is 0 Å². The van der Waals surface area contributed by atoms with Crippen LogP contribution in [-0.4, -0.2) is 0 Å². The Morgan fingerprint density at radius 1 is 0.575 bits per heavy atom. The van der Waals surface area contributed by atoms with Gasteiger partial charge < -0.3 is 8.83 Å². The number of aryl methyl sites for hydroxylation is 4. The van der Waals surface area contributed by atoms with E-state index in [-0.39, 0.29) is 0 Å². The van der Waals surface area contributed by atoms with Gasteiger partial charge in [0.1, 0.15) is 34.4 Å². The smallest absolute Gasteiger partial charge is 0.189 e. The Kier molecular flexibility index (Phi) is 6.23. The molecule has 40 heavy (non-hydrogen) atoms. The average Bonchev–Trinajstić information content (AvgIpc) is 2.90. The van der Waals surface area contributed by atoms with E-state index in [0.717, 1.165) is 71.6 Å². The van der Waals surface area contributed by atoms with Crippen molar-refractivity contribution in [1.82, 2.24) is 0 Å². The number of nitrogens with zero attached hydrogens (tertiary/aromatic N) is 2. The van der Waals surface area contributed by atoms with Crippen molar-refractivity contribution >= 4 is 33.1 Å². The third-order valence-electron chi connectivity index (χ3n) is 8.80. The zero-order valence-electron chi connectivity index (χ0n) is 24.7. The molecular weight excluding hydrogens is 492 g/mol. The molecule has 204 valence electrons. The van der Waals surface area contributed by atoms with Crippen molar-refractivity contribution in [3.05, 3.63) is 68.8 Å². The van der Waals surface area contributed by atoms with E-state index in [0.29, 0.717) is 22.3 Å². The molecule has 0 saturated carbocycles. The monoisotopic (exact) mass is 530 g/mol. The molecule has 0 radical (unpaired) electrons. The van der Waals surface area contributed by atoms with Crippen LogP contribution in [-0.2, 0) is 36.5 Å². The van der Waals surface area contributed by atoms with Gasteiger partial charge in [-0.15, -0.1) is 0 Å². The predicted octanol–water partition coefficient (Wildman–Crippen LogP) is 9.55. The van der Waals surface area contributed by atoms with Gasteiger partial charge in [-0.3, -0.25) is 0 Å². The van der Waals surface area contributed by atoms with Crippen LogP contribution < -0.4 is 0 Å². The number of nitriles is 2. The Bertz CT molecular complexity index is 1700. The first-order chi connectivity index (χ1) is 19.0. The number of fused-ring (bicyclic) bond motifs is 8. The van der Waals surface area contributed by atoms with Crippen molar-refractivity contribution in [3.8, 4) is 12.1 Å². The maximum absolute atomic E-state index is 10.7. The molecule has 1 aromatic heterocycles. The zero-order valence-corrected chi connectivity index (χ0v) is 24.7. The predicted molar refractivity (Wildman–Crippen MR) is 161 cm³/mol. The van der Waals surface area contributed by atoms with Crippen LogP contribution in [0.15, 0.2) is 33.1 Å². The summed E-state index contributed by atoms with van der Waals surface area (Å²) in [6.07, 6.45) is 8.82. The Morgan fingerprint density at radius 2 is 0.950 bits per heavy atom. The molecule has 0 N–H and O–H groups in total. The molecule has 2 aliphatic carbocycles. The van der Waals surface area contributed by atoms with Crippen LogP contribution in [0, 0.1) is 22.7 Å². The van der Waals surface area contributed by atoms with Crippen molar-refractivity contribution in [1.29, 1.82) is 10.5 Å². The fourth-order valence-corrected chi connectivity index (χ4v) is 7.16. The second-order valence-electron chi connectivity index (χ2n) is 13.7. The summed E-state index contributed by atoms with van der Waals surface area (Å²) in [4.78, 5) is 0. The van der Waals surface area contributed by atoms with Crippen molar-refractivity contribution in [2.45, 2.75) is 104 Å². The topological polar surface area (TPSA) is 73.9 Å². The van der Waals surface area contributed by atoms with Crippen LogP contribution in [0.3, 0.4) is 0 Å². The average molecular weight is 531 g/mol. The first kappa shape index (κ1) is 26.5. The summed E-state index contributed by atoms with van der Waals surface area (Å²) in [6.45, 7) is 12.6. The lowest BCUT2D eigenvalue weighted by Gasteiger charge is -2.32. The van der Waals surface area contributed by atoms with Crippen molar-refractivity contribution in [2.24, 2.45) is 0 Å². The van der Waals surface area contributed by atoms with Crippen LogP contribution in [0.25, 0.3) is 33.1 Å². The van der Waals surface area contributed by atoms with Gasteiger partial charge in [-0.05, 0) is 108 Å². The lowest BCUT2D eigenvalue weighted by molar-refractivity contribution is 0.523. The molecule has 4 aromatic rings. The zero-order chi connectivity index (χ0) is 28.4. The van der Waals surface area contributed by atoms with Gasteiger partial charge in [0.2, 0.25) is 0 Å². The summed E-state index contributed by atoms with van der Waals surface area (Å²) < 4.78 is 13.7. The molecule has 0 amide bonds. The maximum atomic E-state index is 10.7. The van der Waals surface area contributed by atoms with Gasteiger partial charge in [-0.25, -0.2) is 0 Å². The Balaban J connectivity index is 1.97. The fraction of sp³-hybridized carbons (Fsp3) is 0.444. The van der Waals surface area contributed by atoms with E-state index in [1.54, 1.807) is 0 Å². The lowest BCUT2D eigenvalue weighted by atomic mass is 9.71. The number of benzene rings is 3. The van der Waals surface area contributed by atoms with E-state index < -0.39 is 10.8 Å². The molecule has 0 unspecified atom stereocenters. The fourth-order valence-electron chi connectivity index (χ4n) is 7.16. The normalized spacial score (nSPS) is 15.4. The molecule has 0 saturated heterocycles. The van der Waals surface area contributed by atoms with E-state index in [9.17, 15) is 10.5 Å². The number of hydrogen-bond acceptors (Lipinski definition) is 4. The molecule has 2 aliphatic rings. The minimum atomic E-state index is -0.393. The highest BCUT2D eigenvalue weighted by molar-refractivity contribution is 6.07. The summed E-state index contributed by atoms with van der Waals surface area (Å²) in [5.41, 5.74) is 9.52. The van der Waals surface area contributed by atoms with Crippen LogP contribution in [0.4, 0.5) is 0 Å². The largest absolute Gasteiger partial charge is 0.451 e. The van der Waals surface area contributed by atoms with Gasteiger partial charge in [0.25, 0.3) is 0 Å². The van der Waals surface area contributed by atoms with Gasteiger partial charge in [0.05, 0.1) is 0 Å². The van der Waals surface area contributed by atoms with E-state index in [1.807, 2.05) is 0 Å². The summed E-state index contributed by atoms with van der Waals surface area (Å²) in [6, 6.07) is 13.6. The highest BCUT2D eigenvalue weighted by Gasteiger charge is 2.35. The number of rotatable bonds is 0. The van der Waals surface area contributed by atoms with E-state index >= 15 is 0 Å². The summed E-state index contributed by atoms with van der Waals surface area (Å²) in [7, 11) is 0. The Hall–Kier alpha value is -3.76. The lowest BCUT2D eigenvalue weighted by Crippen LogP contribution is -2.25. The highest BCUT2D eigenvalue weighted by atomic mass is 16.4. The molecule has 0 atom stereocenters. The van der Waals surface area contributed by atoms with Crippen molar-refractivity contribution in [3.63, 3.8) is 0 Å². The molecule has 0 spiro atoms. The molecule has 0 bridgehead atoms. The number of hydrogen-bond donors (Lipinski definition) is 0. The summed E-state index contributed by atoms with van der Waals surface area (Å²) in [5, 5.41) is 23.6. The van der Waals surface area contributed by atoms with Gasteiger partial charge in [-0.1, -0.05) is 53.7 Å². The Labute approximate surface area is 236 Å². The second-order valence-corrected chi connectivity index (χ2v) is 13.7. The molecule has 6 rings (SSSR count). The second kappa shape index (κ2) is 9.42. The van der Waals surface area contributed by atoms with Crippen molar-refractivity contribution in [2.75, 3.05) is 0 Å². The molecule has 0 aliphatic heterocycles. The van der Waals surface area contributed by atoms with Crippen molar-refractivity contribution < 1.29 is 8.83 Å². The van der Waals surface area contributed by atoms with E-state index in [1.165, 1.54) is 35.1 Å². The minimum absolute atomic E-state index is 0.359. The Morgan fingerprint density at radius 3 is 1.30 bits per heavy atom. The molecule has 0 fully saturated rings. The molecule has 4 nitrogen and oxygen atoms in total. The quantitative estimate of drug-likeness (QED) is 0.227. The van der Waals surface area contributed by atoms with Crippen LogP contribution in [0.2, 0.25) is 0 Å². The third-order valence-corrected chi connectivity index (χ3v) is 8.80. The van der Waals surface area contributed by atoms with Gasteiger partial charge in [-0.2, -0.15) is 10.5 Å². The summed E-state index contributed by atoms with van der Waals surface area (Å²) in [5.74, 6) is 0. The standard InChI is InChI=1S/C36H38N2O2/c1-35(2,3)31-25(19-37)33-34(26(20-38)32(31)36(4,5)6)40-28-18-16-22-12-8-10-14-24(22)30(28)29-23-13-9-7-11-21(23)15-17-27(29)39-33/h15-18H,7-14H2,1-6H3. The van der Waals surface area contributed by atoms with Gasteiger partial charge in [0, 0.05) is 10.8 Å². The molecule has 4 heteroatoms. The van der Waals surface area contributed by atoms with Gasteiger partial charge in [0.15, 0.2) is 11.2 Å². The van der Waals surface area contributed by atoms with Crippen LogP contribution in [0.5, 0.6) is 0 Å². The molecular formula is C36H38N2O2. The summed E-state index contributed by atoms with van der Waals surface area (Å²) >= 11 is 0. The van der Waals surface area contributed by atoms with Crippen LogP contribution in [0.1, 0.15) is 112 Å².